The van der Waals surface area contributed by atoms with E-state index in [1.165, 1.54) is 7.11 Å². The molecule has 0 spiro atoms. The van der Waals surface area contributed by atoms with Crippen molar-refractivity contribution in [3.63, 3.8) is 0 Å². The molecule has 0 aromatic carbocycles. The third kappa shape index (κ3) is 1.86. The summed E-state index contributed by atoms with van der Waals surface area (Å²) >= 11 is 0. The lowest BCUT2D eigenvalue weighted by Crippen LogP contribution is -2.07. The van der Waals surface area contributed by atoms with Crippen molar-refractivity contribution < 1.29 is 9.53 Å². The predicted octanol–water partition coefficient (Wildman–Crippen LogP) is 1.95. The van der Waals surface area contributed by atoms with E-state index in [0.717, 1.165) is 39.0 Å². The first-order valence-electron chi connectivity index (χ1n) is 7.43. The van der Waals surface area contributed by atoms with Gasteiger partial charge in [-0.05, 0) is 19.1 Å². The summed E-state index contributed by atoms with van der Waals surface area (Å²) in [5.74, 6) is -0.372. The highest BCUT2D eigenvalue weighted by molar-refractivity contribution is 6.07. The number of aromatic amines is 1. The molecule has 8 nitrogen and oxygen atoms in total. The summed E-state index contributed by atoms with van der Waals surface area (Å²) in [5.41, 5.74) is 6.62. The molecule has 0 aliphatic rings. The summed E-state index contributed by atoms with van der Waals surface area (Å²) in [6.07, 6.45) is 1.80. The minimum atomic E-state index is -0.372. The number of hydrogen-bond acceptors (Lipinski definition) is 5. The fourth-order valence-electron chi connectivity index (χ4n) is 3.16. The number of fused-ring (bicyclic) bond motifs is 3. The molecule has 0 saturated heterocycles. The van der Waals surface area contributed by atoms with Crippen molar-refractivity contribution in [1.29, 1.82) is 0 Å². The van der Waals surface area contributed by atoms with Gasteiger partial charge in [0.2, 0.25) is 0 Å². The van der Waals surface area contributed by atoms with E-state index in [1.54, 1.807) is 21.5 Å². The Morgan fingerprint density at radius 1 is 1.25 bits per heavy atom. The number of nitrogens with one attached hydrogen (secondary N) is 1. The first-order chi connectivity index (χ1) is 11.5. The van der Waals surface area contributed by atoms with Gasteiger partial charge < -0.3 is 14.3 Å². The van der Waals surface area contributed by atoms with Crippen LogP contribution in [0.15, 0.2) is 18.3 Å². The highest BCUT2D eigenvalue weighted by Gasteiger charge is 2.19. The average molecular weight is 324 g/mol. The normalized spacial score (nSPS) is 11.5. The second-order valence-electron chi connectivity index (χ2n) is 5.73. The van der Waals surface area contributed by atoms with Gasteiger partial charge in [-0.3, -0.25) is 4.98 Å². The molecule has 0 atom stereocenters. The lowest BCUT2D eigenvalue weighted by molar-refractivity contribution is 0.0590. The van der Waals surface area contributed by atoms with E-state index in [4.69, 9.17) is 4.74 Å². The first-order valence-corrected chi connectivity index (χ1v) is 7.43. The molecule has 0 fully saturated rings. The Balaban J connectivity index is 1.94. The Labute approximate surface area is 137 Å². The molecular weight excluding hydrogens is 308 g/mol. The highest BCUT2D eigenvalue weighted by Crippen LogP contribution is 2.30. The number of carbonyl (C=O) groups excluding carboxylic acids is 1. The minimum absolute atomic E-state index is 0.372. The molecule has 8 heteroatoms. The maximum Gasteiger partial charge on any atom is 0.354 e. The van der Waals surface area contributed by atoms with Crippen LogP contribution in [0.5, 0.6) is 0 Å². The van der Waals surface area contributed by atoms with Crippen molar-refractivity contribution in [2.75, 3.05) is 7.11 Å². The number of aromatic nitrogens is 6. The van der Waals surface area contributed by atoms with Gasteiger partial charge in [-0.15, -0.1) is 5.10 Å². The van der Waals surface area contributed by atoms with Gasteiger partial charge in [0.1, 0.15) is 11.2 Å². The molecule has 122 valence electrons. The second-order valence-corrected chi connectivity index (χ2v) is 5.73. The van der Waals surface area contributed by atoms with Crippen LogP contribution < -0.4 is 0 Å². The number of esters is 1. The van der Waals surface area contributed by atoms with E-state index < -0.39 is 0 Å². The largest absolute Gasteiger partial charge is 0.464 e. The molecule has 4 aromatic heterocycles. The standard InChI is InChI=1S/C16H16N6O2/c1-8-14(22(3)20-19-8)9-5-10-13(17-7-9)15-11(18-10)6-12(21(15)2)16(23)24-4/h5-7,18H,1-4H3. The zero-order chi connectivity index (χ0) is 17.0. The zero-order valence-electron chi connectivity index (χ0n) is 13.8. The maximum atomic E-state index is 11.8. The van der Waals surface area contributed by atoms with Gasteiger partial charge in [0.15, 0.2) is 0 Å². The van der Waals surface area contributed by atoms with Crippen LogP contribution in [0, 0.1) is 6.92 Å². The van der Waals surface area contributed by atoms with Gasteiger partial charge in [0.05, 0.1) is 35.0 Å². The minimum Gasteiger partial charge on any atom is -0.464 e. The van der Waals surface area contributed by atoms with Crippen molar-refractivity contribution in [1.82, 2.24) is 29.5 Å². The molecule has 4 rings (SSSR count). The van der Waals surface area contributed by atoms with Crippen molar-refractivity contribution in [2.24, 2.45) is 14.1 Å². The van der Waals surface area contributed by atoms with E-state index in [1.807, 2.05) is 27.1 Å². The summed E-state index contributed by atoms with van der Waals surface area (Å²) in [7, 11) is 5.05. The molecule has 0 radical (unpaired) electrons. The molecule has 0 aliphatic carbocycles. The molecule has 4 aromatic rings. The van der Waals surface area contributed by atoms with Crippen LogP contribution in [0.3, 0.4) is 0 Å². The molecule has 24 heavy (non-hydrogen) atoms. The molecule has 0 amide bonds. The number of methoxy groups -OCH3 is 1. The Bertz CT molecular complexity index is 1080. The number of aryl methyl sites for hydroxylation is 3. The number of pyridine rings is 1. The van der Waals surface area contributed by atoms with E-state index in [0.29, 0.717) is 5.69 Å². The van der Waals surface area contributed by atoms with Gasteiger partial charge in [-0.25, -0.2) is 9.48 Å². The smallest absolute Gasteiger partial charge is 0.354 e. The van der Waals surface area contributed by atoms with Crippen LogP contribution in [0.2, 0.25) is 0 Å². The second kappa shape index (κ2) is 4.92. The molecule has 0 unspecified atom stereocenters. The lowest BCUT2D eigenvalue weighted by atomic mass is 10.1. The number of carbonyl (C=O) groups is 1. The number of rotatable bonds is 2. The topological polar surface area (TPSA) is 90.6 Å². The molecule has 0 bridgehead atoms. The third-order valence-electron chi connectivity index (χ3n) is 4.28. The van der Waals surface area contributed by atoms with Crippen LogP contribution in [0.4, 0.5) is 0 Å². The third-order valence-corrected chi connectivity index (χ3v) is 4.28. The van der Waals surface area contributed by atoms with Gasteiger partial charge in [-0.1, -0.05) is 5.21 Å². The van der Waals surface area contributed by atoms with E-state index in [-0.39, 0.29) is 5.97 Å². The van der Waals surface area contributed by atoms with Gasteiger partial charge in [0, 0.05) is 25.9 Å². The van der Waals surface area contributed by atoms with Crippen LogP contribution in [-0.4, -0.2) is 42.6 Å². The quantitative estimate of drug-likeness (QED) is 0.569. The number of nitrogens with zero attached hydrogens (tertiary/aromatic N) is 5. The number of H-pyrrole nitrogens is 1. The molecule has 0 saturated carbocycles. The fourth-order valence-corrected chi connectivity index (χ4v) is 3.16. The Morgan fingerprint density at radius 3 is 2.71 bits per heavy atom. The van der Waals surface area contributed by atoms with E-state index in [9.17, 15) is 4.79 Å². The molecule has 4 heterocycles. The monoisotopic (exact) mass is 324 g/mol. The van der Waals surface area contributed by atoms with E-state index in [2.05, 4.69) is 20.3 Å². The summed E-state index contributed by atoms with van der Waals surface area (Å²) in [5, 5.41) is 8.11. The average Bonchev–Trinajstić information content (AvgIpc) is 3.19. The Kier molecular flexibility index (Phi) is 2.96. The number of ether oxygens (including phenoxy) is 1. The van der Waals surface area contributed by atoms with Crippen molar-refractivity contribution >= 4 is 28.0 Å². The van der Waals surface area contributed by atoms with Crippen LogP contribution >= 0.6 is 0 Å². The van der Waals surface area contributed by atoms with Gasteiger partial charge in [0.25, 0.3) is 0 Å². The maximum absolute atomic E-state index is 11.8. The van der Waals surface area contributed by atoms with Gasteiger partial charge in [-0.2, -0.15) is 0 Å². The fraction of sp³-hybridized carbons (Fsp3) is 0.250. The van der Waals surface area contributed by atoms with Crippen LogP contribution in [0.25, 0.3) is 33.3 Å². The Morgan fingerprint density at radius 2 is 2.04 bits per heavy atom. The SMILES string of the molecule is COC(=O)c1cc2[nH]c3cc(-c4c(C)nnn4C)cnc3c2n1C. The highest BCUT2D eigenvalue weighted by atomic mass is 16.5. The lowest BCUT2D eigenvalue weighted by Gasteiger charge is -2.04. The summed E-state index contributed by atoms with van der Waals surface area (Å²) in [6, 6.07) is 3.80. The van der Waals surface area contributed by atoms with Crippen molar-refractivity contribution in [3.05, 3.63) is 29.7 Å². The van der Waals surface area contributed by atoms with E-state index >= 15 is 0 Å². The first kappa shape index (κ1) is 14.4. The summed E-state index contributed by atoms with van der Waals surface area (Å²) < 4.78 is 8.34. The van der Waals surface area contributed by atoms with Crippen molar-refractivity contribution in [3.8, 4) is 11.3 Å². The van der Waals surface area contributed by atoms with Crippen LogP contribution in [0.1, 0.15) is 16.2 Å². The summed E-state index contributed by atoms with van der Waals surface area (Å²) in [6.45, 7) is 1.92. The number of hydrogen-bond donors (Lipinski definition) is 1. The van der Waals surface area contributed by atoms with Crippen molar-refractivity contribution in [2.45, 2.75) is 6.92 Å². The van der Waals surface area contributed by atoms with Gasteiger partial charge >= 0.3 is 5.97 Å². The zero-order valence-corrected chi connectivity index (χ0v) is 13.8. The summed E-state index contributed by atoms with van der Waals surface area (Å²) in [4.78, 5) is 19.7. The van der Waals surface area contributed by atoms with Crippen LogP contribution in [-0.2, 0) is 18.8 Å². The molecular formula is C16H16N6O2. The molecule has 0 aliphatic heterocycles. The predicted molar refractivity (Wildman–Crippen MR) is 88.6 cm³/mol. The molecule has 1 N–H and O–H groups in total. The Hall–Kier alpha value is -3.16.